The zero-order chi connectivity index (χ0) is 58.4. The quantitative estimate of drug-likeness (QED) is 0.0211. The van der Waals surface area contributed by atoms with Crippen LogP contribution in [-0.4, -0.2) is 74.9 Å². The number of allylic oxidation sites excluding steroid dienone is 8. The standard InChI is InChI=1S/C70H132NO8P/c1-6-8-10-12-14-16-18-20-22-24-26-28-30-32-34-35-37-39-41-43-45-47-49-51-53-55-57-59-61-63-70(73)79-68(67-78-80(74,75)77-65-64-71(3,4)5)66-76-69(72)62-60-58-56-54-52-50-48-46-44-42-40-38-36-33-31-29-27-25-23-21-19-17-15-13-11-9-7-2/h18,20,24-27,30,32,68H,6-17,19,21-23,28-29,31,33-67H2,1-5H3/p+1/b20-18-,26-24-,27-25-,32-30-. The van der Waals surface area contributed by atoms with E-state index in [1.165, 1.54) is 257 Å². The van der Waals surface area contributed by atoms with Gasteiger partial charge >= 0.3 is 19.8 Å². The van der Waals surface area contributed by atoms with Crippen LogP contribution in [0.4, 0.5) is 0 Å². The lowest BCUT2D eigenvalue weighted by molar-refractivity contribution is -0.870. The van der Waals surface area contributed by atoms with Gasteiger partial charge in [0.1, 0.15) is 19.8 Å². The second-order valence-electron chi connectivity index (χ2n) is 24.6. The Morgan fingerprint density at radius 2 is 0.675 bits per heavy atom. The van der Waals surface area contributed by atoms with E-state index < -0.39 is 26.5 Å². The van der Waals surface area contributed by atoms with Crippen molar-refractivity contribution in [3.63, 3.8) is 0 Å². The SMILES string of the molecule is CCCCCCC/C=C\C/C=C\C/C=C\CCCCCCCCCCCCCCCCC(=O)OC(COC(=O)CCCCCCCCCCCCCCCCC/C=C\CCCCCCCCCC)COP(=O)(O)OCC[N+](C)(C)C. The number of hydrogen-bond donors (Lipinski definition) is 1. The number of quaternary nitrogens is 1. The number of hydrogen-bond acceptors (Lipinski definition) is 7. The van der Waals surface area contributed by atoms with Crippen LogP contribution in [-0.2, 0) is 32.7 Å². The molecule has 0 aromatic heterocycles. The lowest BCUT2D eigenvalue weighted by Gasteiger charge is -2.24. The van der Waals surface area contributed by atoms with Gasteiger partial charge in [0.15, 0.2) is 6.10 Å². The third-order valence-corrected chi connectivity index (χ3v) is 16.3. The molecular formula is C70H133NO8P+. The van der Waals surface area contributed by atoms with E-state index in [0.29, 0.717) is 23.9 Å². The minimum atomic E-state index is -4.39. The summed E-state index contributed by atoms with van der Waals surface area (Å²) < 4.78 is 34.7. The van der Waals surface area contributed by atoms with Gasteiger partial charge in [-0.25, -0.2) is 4.57 Å². The molecule has 0 fully saturated rings. The van der Waals surface area contributed by atoms with Crippen LogP contribution in [0.5, 0.6) is 0 Å². The Hall–Kier alpha value is -2.03. The molecule has 2 unspecified atom stereocenters. The molecule has 0 amide bonds. The van der Waals surface area contributed by atoms with Gasteiger partial charge in [-0.3, -0.25) is 18.6 Å². The summed E-state index contributed by atoms with van der Waals surface area (Å²) in [5.41, 5.74) is 0. The van der Waals surface area contributed by atoms with E-state index in [9.17, 15) is 19.0 Å². The molecule has 0 radical (unpaired) electrons. The van der Waals surface area contributed by atoms with E-state index in [0.717, 1.165) is 44.9 Å². The van der Waals surface area contributed by atoms with Crippen molar-refractivity contribution in [1.29, 1.82) is 0 Å². The zero-order valence-corrected chi connectivity index (χ0v) is 54.5. The summed E-state index contributed by atoms with van der Waals surface area (Å²) >= 11 is 0. The van der Waals surface area contributed by atoms with Gasteiger partial charge in [0.05, 0.1) is 27.7 Å². The van der Waals surface area contributed by atoms with Gasteiger partial charge < -0.3 is 18.9 Å². The summed E-state index contributed by atoms with van der Waals surface area (Å²) in [5.74, 6) is -0.782. The zero-order valence-electron chi connectivity index (χ0n) is 53.6. The Kier molecular flexibility index (Phi) is 60.0. The molecule has 10 heteroatoms. The molecule has 470 valence electrons. The Labute approximate surface area is 496 Å². The molecule has 0 saturated heterocycles. The third-order valence-electron chi connectivity index (χ3n) is 15.3. The van der Waals surface area contributed by atoms with Crippen molar-refractivity contribution in [1.82, 2.24) is 0 Å². The van der Waals surface area contributed by atoms with Gasteiger partial charge in [-0.15, -0.1) is 0 Å². The molecule has 1 N–H and O–H groups in total. The van der Waals surface area contributed by atoms with Crippen LogP contribution in [0.15, 0.2) is 48.6 Å². The molecule has 0 aliphatic rings. The molecule has 2 atom stereocenters. The van der Waals surface area contributed by atoms with Crippen molar-refractivity contribution in [2.45, 2.75) is 341 Å². The largest absolute Gasteiger partial charge is 0.472 e. The van der Waals surface area contributed by atoms with Gasteiger partial charge in [0.25, 0.3) is 0 Å². The second kappa shape index (κ2) is 61.5. The highest BCUT2D eigenvalue weighted by atomic mass is 31.2. The first kappa shape index (κ1) is 78.0. The molecule has 0 aliphatic carbocycles. The number of rotatable bonds is 64. The van der Waals surface area contributed by atoms with E-state index >= 15 is 0 Å². The number of carbonyl (C=O) groups excluding carboxylic acids is 2. The Bertz CT molecular complexity index is 1490. The Morgan fingerprint density at radius 1 is 0.388 bits per heavy atom. The average Bonchev–Trinajstić information content (AvgIpc) is 3.42. The number of unbranched alkanes of at least 4 members (excludes halogenated alkanes) is 42. The lowest BCUT2D eigenvalue weighted by atomic mass is 10.0. The monoisotopic (exact) mass is 1150 g/mol. The van der Waals surface area contributed by atoms with Gasteiger partial charge in [0, 0.05) is 12.8 Å². The minimum Gasteiger partial charge on any atom is -0.462 e. The molecule has 0 saturated carbocycles. The van der Waals surface area contributed by atoms with E-state index in [4.69, 9.17) is 18.5 Å². The van der Waals surface area contributed by atoms with Gasteiger partial charge in [-0.2, -0.15) is 0 Å². The van der Waals surface area contributed by atoms with Gasteiger partial charge in [-0.05, 0) is 77.0 Å². The van der Waals surface area contributed by atoms with Crippen LogP contribution in [0.3, 0.4) is 0 Å². The van der Waals surface area contributed by atoms with E-state index in [1.807, 2.05) is 21.1 Å². The van der Waals surface area contributed by atoms with Gasteiger partial charge in [-0.1, -0.05) is 294 Å². The highest BCUT2D eigenvalue weighted by Gasteiger charge is 2.27. The summed E-state index contributed by atoms with van der Waals surface area (Å²) in [6, 6.07) is 0. The average molecular weight is 1150 g/mol. The van der Waals surface area contributed by atoms with Crippen molar-refractivity contribution in [2.24, 2.45) is 0 Å². The number of likely N-dealkylation sites (N-methyl/N-ethyl adjacent to an activating group) is 1. The predicted octanol–water partition coefficient (Wildman–Crippen LogP) is 22.1. The van der Waals surface area contributed by atoms with Crippen LogP contribution in [0, 0.1) is 0 Å². The van der Waals surface area contributed by atoms with Gasteiger partial charge in [0.2, 0.25) is 0 Å². The number of ether oxygens (including phenoxy) is 2. The molecule has 0 rings (SSSR count). The Balaban J connectivity index is 4.04. The highest BCUT2D eigenvalue weighted by Crippen LogP contribution is 2.43. The summed E-state index contributed by atoms with van der Waals surface area (Å²) in [5, 5.41) is 0. The molecule has 80 heavy (non-hydrogen) atoms. The number of carbonyl (C=O) groups is 2. The molecule has 0 aromatic rings. The fourth-order valence-corrected chi connectivity index (χ4v) is 10.8. The summed E-state index contributed by atoms with van der Waals surface area (Å²) in [4.78, 5) is 35.9. The van der Waals surface area contributed by atoms with Crippen molar-refractivity contribution in [3.05, 3.63) is 48.6 Å². The van der Waals surface area contributed by atoms with E-state index in [-0.39, 0.29) is 25.6 Å². The fourth-order valence-electron chi connectivity index (χ4n) is 10.0. The molecule has 0 heterocycles. The number of phosphoric ester groups is 1. The van der Waals surface area contributed by atoms with Crippen LogP contribution < -0.4 is 0 Å². The number of phosphoric acid groups is 1. The molecule has 0 aliphatic heterocycles. The molecule has 0 bridgehead atoms. The number of nitrogens with zero attached hydrogens (tertiary/aromatic N) is 1. The van der Waals surface area contributed by atoms with Crippen LogP contribution in [0.1, 0.15) is 335 Å². The van der Waals surface area contributed by atoms with Crippen LogP contribution >= 0.6 is 7.82 Å². The van der Waals surface area contributed by atoms with Crippen molar-refractivity contribution >= 4 is 19.8 Å². The first-order valence-electron chi connectivity index (χ1n) is 34.4. The molecule has 0 aromatic carbocycles. The molecule has 9 nitrogen and oxygen atoms in total. The first-order valence-corrected chi connectivity index (χ1v) is 35.9. The molecular weight excluding hydrogens is 1010 g/mol. The number of esters is 2. The maximum atomic E-state index is 12.9. The topological polar surface area (TPSA) is 108 Å². The highest BCUT2D eigenvalue weighted by molar-refractivity contribution is 7.47. The van der Waals surface area contributed by atoms with E-state index in [1.54, 1.807) is 0 Å². The van der Waals surface area contributed by atoms with Crippen molar-refractivity contribution < 1.29 is 42.1 Å². The maximum absolute atomic E-state index is 12.9. The molecule has 0 spiro atoms. The second-order valence-corrected chi connectivity index (χ2v) is 26.0. The summed E-state index contributed by atoms with van der Waals surface area (Å²) in [7, 11) is 1.49. The Morgan fingerprint density at radius 3 is 1.01 bits per heavy atom. The van der Waals surface area contributed by atoms with Crippen LogP contribution in [0.2, 0.25) is 0 Å². The first-order chi connectivity index (χ1) is 39.0. The lowest BCUT2D eigenvalue weighted by Crippen LogP contribution is -2.37. The summed E-state index contributed by atoms with van der Waals surface area (Å²) in [6.07, 6.45) is 79.2. The summed E-state index contributed by atoms with van der Waals surface area (Å²) in [6.45, 7) is 4.48. The normalized spacial score (nSPS) is 13.4. The minimum absolute atomic E-state index is 0.0326. The van der Waals surface area contributed by atoms with Crippen LogP contribution in [0.25, 0.3) is 0 Å². The maximum Gasteiger partial charge on any atom is 0.472 e. The predicted molar refractivity (Wildman–Crippen MR) is 344 cm³/mol. The van der Waals surface area contributed by atoms with E-state index in [2.05, 4.69) is 62.5 Å². The third kappa shape index (κ3) is 65.1. The fraction of sp³-hybridized carbons (Fsp3) is 0.857. The van der Waals surface area contributed by atoms with Crippen molar-refractivity contribution in [2.75, 3.05) is 47.5 Å². The van der Waals surface area contributed by atoms with Crippen molar-refractivity contribution in [3.8, 4) is 0 Å². The smallest absolute Gasteiger partial charge is 0.462 e.